The number of benzene rings is 1. The molecule has 1 aliphatic heterocycles. The maximum atomic E-state index is 12.1. The Morgan fingerprint density at radius 1 is 1.36 bits per heavy atom. The summed E-state index contributed by atoms with van der Waals surface area (Å²) in [4.78, 5) is 28.4. The molecule has 9 heteroatoms. The molecule has 0 fully saturated rings. The first-order valence-corrected chi connectivity index (χ1v) is 9.50. The number of hydrogen-bond acceptors (Lipinski definition) is 8. The lowest BCUT2D eigenvalue weighted by atomic mass is 10.1. The molecular formula is C19H16ClNO6S. The summed E-state index contributed by atoms with van der Waals surface area (Å²) in [6.45, 7) is 1.85. The normalized spacial score (nSPS) is 14.6. The van der Waals surface area contributed by atoms with Crippen LogP contribution in [0.25, 0.3) is 6.08 Å². The van der Waals surface area contributed by atoms with Crippen LogP contribution in [0.1, 0.15) is 17.4 Å². The molecule has 0 atom stereocenters. The second kappa shape index (κ2) is 8.90. The van der Waals surface area contributed by atoms with Gasteiger partial charge in [0, 0.05) is 0 Å². The Bertz CT molecular complexity index is 952. The van der Waals surface area contributed by atoms with Crippen LogP contribution in [0, 0.1) is 0 Å². The monoisotopic (exact) mass is 421 g/mol. The van der Waals surface area contributed by atoms with Gasteiger partial charge in [-0.25, -0.2) is 14.6 Å². The van der Waals surface area contributed by atoms with E-state index in [1.807, 2.05) is 17.5 Å². The lowest BCUT2D eigenvalue weighted by molar-refractivity contribution is -0.143. The van der Waals surface area contributed by atoms with Crippen molar-refractivity contribution in [2.45, 2.75) is 6.92 Å². The SMILES string of the molecule is CCOc1cc(C=C2N=C(c3cccs3)OC2=O)cc(Cl)c1OCC(=O)OC. The number of cyclic esters (lactones) is 1. The molecule has 0 unspecified atom stereocenters. The summed E-state index contributed by atoms with van der Waals surface area (Å²) in [5.41, 5.74) is 0.715. The van der Waals surface area contributed by atoms with E-state index < -0.39 is 11.9 Å². The molecular weight excluding hydrogens is 406 g/mol. The fourth-order valence-electron chi connectivity index (χ4n) is 2.34. The molecule has 1 aromatic carbocycles. The van der Waals surface area contributed by atoms with Crippen molar-refractivity contribution in [1.82, 2.24) is 0 Å². The molecule has 0 radical (unpaired) electrons. The second-order valence-electron chi connectivity index (χ2n) is 5.44. The maximum absolute atomic E-state index is 12.1. The van der Waals surface area contributed by atoms with Gasteiger partial charge in [-0.05, 0) is 42.1 Å². The third-order valence-corrected chi connectivity index (χ3v) is 4.69. The number of hydrogen-bond donors (Lipinski definition) is 0. The lowest BCUT2D eigenvalue weighted by Crippen LogP contribution is -2.13. The van der Waals surface area contributed by atoms with Crippen LogP contribution < -0.4 is 9.47 Å². The zero-order chi connectivity index (χ0) is 20.1. The van der Waals surface area contributed by atoms with Crippen molar-refractivity contribution in [3.8, 4) is 11.5 Å². The van der Waals surface area contributed by atoms with E-state index in [1.165, 1.54) is 18.4 Å². The molecule has 2 aromatic rings. The van der Waals surface area contributed by atoms with Crippen molar-refractivity contribution in [2.75, 3.05) is 20.3 Å². The van der Waals surface area contributed by atoms with Gasteiger partial charge in [0.2, 0.25) is 5.90 Å². The van der Waals surface area contributed by atoms with Gasteiger partial charge in [-0.15, -0.1) is 11.3 Å². The molecule has 146 valence electrons. The lowest BCUT2D eigenvalue weighted by Gasteiger charge is -2.13. The van der Waals surface area contributed by atoms with Gasteiger partial charge in [0.1, 0.15) is 0 Å². The van der Waals surface area contributed by atoms with Gasteiger partial charge in [-0.2, -0.15) is 0 Å². The maximum Gasteiger partial charge on any atom is 0.363 e. The molecule has 0 saturated carbocycles. The van der Waals surface area contributed by atoms with Crippen molar-refractivity contribution in [3.05, 3.63) is 50.8 Å². The summed E-state index contributed by atoms with van der Waals surface area (Å²) in [6, 6.07) is 6.88. The third-order valence-electron chi connectivity index (χ3n) is 3.55. The number of nitrogens with zero attached hydrogens (tertiary/aromatic N) is 1. The summed E-state index contributed by atoms with van der Waals surface area (Å²) in [5, 5.41) is 2.09. The molecule has 7 nitrogen and oxygen atoms in total. The number of methoxy groups -OCH3 is 1. The first kappa shape index (κ1) is 19.9. The molecule has 1 aliphatic rings. The summed E-state index contributed by atoms with van der Waals surface area (Å²) in [5.74, 6) is -0.287. The minimum Gasteiger partial charge on any atom is -0.490 e. The number of rotatable bonds is 7. The number of carbonyl (C=O) groups is 2. The van der Waals surface area contributed by atoms with E-state index in [2.05, 4.69) is 9.73 Å². The third kappa shape index (κ3) is 4.52. The second-order valence-corrected chi connectivity index (χ2v) is 6.80. The highest BCUT2D eigenvalue weighted by molar-refractivity contribution is 7.12. The average Bonchev–Trinajstić information content (AvgIpc) is 3.31. The Kier molecular flexibility index (Phi) is 6.33. The van der Waals surface area contributed by atoms with Crippen LogP contribution in [0.5, 0.6) is 11.5 Å². The predicted molar refractivity (Wildman–Crippen MR) is 105 cm³/mol. The van der Waals surface area contributed by atoms with Crippen molar-refractivity contribution in [3.63, 3.8) is 0 Å². The molecule has 2 heterocycles. The minimum absolute atomic E-state index is 0.144. The van der Waals surface area contributed by atoms with Crippen LogP contribution in [0.4, 0.5) is 0 Å². The van der Waals surface area contributed by atoms with E-state index >= 15 is 0 Å². The zero-order valence-corrected chi connectivity index (χ0v) is 16.6. The zero-order valence-electron chi connectivity index (χ0n) is 15.1. The fraction of sp³-hybridized carbons (Fsp3) is 0.211. The van der Waals surface area contributed by atoms with Gasteiger partial charge in [0.25, 0.3) is 0 Å². The Morgan fingerprint density at radius 3 is 2.86 bits per heavy atom. The molecule has 1 aromatic heterocycles. The molecule has 0 bridgehead atoms. The van der Waals surface area contributed by atoms with E-state index in [0.717, 1.165) is 4.88 Å². The highest BCUT2D eigenvalue weighted by atomic mass is 35.5. The van der Waals surface area contributed by atoms with Crippen molar-refractivity contribution in [1.29, 1.82) is 0 Å². The van der Waals surface area contributed by atoms with Crippen molar-refractivity contribution in [2.24, 2.45) is 4.99 Å². The molecule has 28 heavy (non-hydrogen) atoms. The van der Waals surface area contributed by atoms with Crippen LogP contribution in [-0.4, -0.2) is 38.2 Å². The van der Waals surface area contributed by atoms with Gasteiger partial charge in [-0.3, -0.25) is 0 Å². The van der Waals surface area contributed by atoms with Crippen LogP contribution in [0.15, 0.2) is 40.3 Å². The predicted octanol–water partition coefficient (Wildman–Crippen LogP) is 3.70. The standard InChI is InChI=1S/C19H16ClNO6S/c1-3-25-14-9-11(7-12(20)17(14)26-10-16(22)24-2)8-13-19(23)27-18(21-13)15-5-4-6-28-15/h4-9H,3,10H2,1-2H3. The molecule has 3 rings (SSSR count). The largest absolute Gasteiger partial charge is 0.490 e. The van der Waals surface area contributed by atoms with E-state index in [9.17, 15) is 9.59 Å². The number of esters is 2. The Morgan fingerprint density at radius 2 is 2.18 bits per heavy atom. The van der Waals surface area contributed by atoms with Crippen LogP contribution in [0.3, 0.4) is 0 Å². The first-order chi connectivity index (χ1) is 13.5. The summed E-state index contributed by atoms with van der Waals surface area (Å²) in [7, 11) is 1.26. The van der Waals surface area contributed by atoms with Gasteiger partial charge in [0.05, 0.1) is 23.6 Å². The summed E-state index contributed by atoms with van der Waals surface area (Å²) >= 11 is 7.71. The molecule has 0 spiro atoms. The highest BCUT2D eigenvalue weighted by Crippen LogP contribution is 2.37. The molecule has 0 aliphatic carbocycles. The smallest absolute Gasteiger partial charge is 0.363 e. The van der Waals surface area contributed by atoms with E-state index in [0.29, 0.717) is 17.9 Å². The topological polar surface area (TPSA) is 83.4 Å². The Hall–Kier alpha value is -2.84. The minimum atomic E-state index is -0.552. The quantitative estimate of drug-likeness (QED) is 0.500. The number of carbonyl (C=O) groups excluding carboxylic acids is 2. The van der Waals surface area contributed by atoms with Crippen molar-refractivity contribution < 1.29 is 28.5 Å². The van der Waals surface area contributed by atoms with Gasteiger partial charge >= 0.3 is 11.9 Å². The van der Waals surface area contributed by atoms with Gasteiger partial charge in [-0.1, -0.05) is 17.7 Å². The average molecular weight is 422 g/mol. The van der Waals surface area contributed by atoms with Crippen LogP contribution >= 0.6 is 22.9 Å². The van der Waals surface area contributed by atoms with Gasteiger partial charge in [0.15, 0.2) is 23.8 Å². The number of halogens is 1. The molecule has 0 saturated heterocycles. The van der Waals surface area contributed by atoms with Crippen molar-refractivity contribution >= 4 is 46.9 Å². The van der Waals surface area contributed by atoms with E-state index in [-0.39, 0.29) is 29.0 Å². The Labute approximate surface area is 170 Å². The number of thiophene rings is 1. The first-order valence-electron chi connectivity index (χ1n) is 8.24. The van der Waals surface area contributed by atoms with Crippen LogP contribution in [-0.2, 0) is 19.1 Å². The molecule has 0 N–H and O–H groups in total. The van der Waals surface area contributed by atoms with Crippen LogP contribution in [0.2, 0.25) is 5.02 Å². The summed E-state index contributed by atoms with van der Waals surface area (Å²) < 4.78 is 20.7. The van der Waals surface area contributed by atoms with E-state index in [4.69, 9.17) is 25.8 Å². The Balaban J connectivity index is 1.91. The fourth-order valence-corrected chi connectivity index (χ4v) is 3.26. The summed E-state index contributed by atoms with van der Waals surface area (Å²) in [6.07, 6.45) is 1.54. The van der Waals surface area contributed by atoms with Gasteiger partial charge < -0.3 is 18.9 Å². The molecule has 0 amide bonds. The van der Waals surface area contributed by atoms with E-state index in [1.54, 1.807) is 25.1 Å². The number of ether oxygens (including phenoxy) is 4. The number of aliphatic imine (C=N–C) groups is 1. The highest BCUT2D eigenvalue weighted by Gasteiger charge is 2.25.